The number of rotatable bonds is 10. The Hall–Kier alpha value is -3.26. The number of amides is 1. The number of pyridine rings is 1. The van der Waals surface area contributed by atoms with Crippen LogP contribution in [0.5, 0.6) is 0 Å². The van der Waals surface area contributed by atoms with Crippen molar-refractivity contribution in [3.05, 3.63) is 102 Å². The highest BCUT2D eigenvalue weighted by molar-refractivity contribution is 5.67. The second-order valence-corrected chi connectivity index (χ2v) is 7.71. The molecular formula is C25H29N3O4. The number of hydrogen-bond acceptors (Lipinski definition) is 6. The molecule has 3 rings (SSSR count). The maximum absolute atomic E-state index is 12.4. The van der Waals surface area contributed by atoms with Gasteiger partial charge in [0.15, 0.2) is 0 Å². The average molecular weight is 436 g/mol. The van der Waals surface area contributed by atoms with Crippen LogP contribution in [-0.4, -0.2) is 45.6 Å². The van der Waals surface area contributed by atoms with Crippen molar-refractivity contribution in [2.75, 3.05) is 0 Å². The Bertz CT molecular complexity index is 941. The van der Waals surface area contributed by atoms with Crippen molar-refractivity contribution in [2.24, 2.45) is 5.73 Å². The maximum atomic E-state index is 12.4. The second kappa shape index (κ2) is 12.0. The molecule has 0 bridgehead atoms. The van der Waals surface area contributed by atoms with Gasteiger partial charge in [0.25, 0.3) is 0 Å². The molecule has 1 heterocycles. The van der Waals surface area contributed by atoms with E-state index in [-0.39, 0.29) is 6.61 Å². The van der Waals surface area contributed by atoms with Crippen molar-refractivity contribution in [3.8, 4) is 0 Å². The third-order valence-corrected chi connectivity index (χ3v) is 5.21. The number of alkyl carbamates (subject to hydrolysis) is 1. The number of benzene rings is 2. The van der Waals surface area contributed by atoms with E-state index in [2.05, 4.69) is 10.3 Å². The van der Waals surface area contributed by atoms with Gasteiger partial charge in [0.2, 0.25) is 0 Å². The van der Waals surface area contributed by atoms with Crippen LogP contribution in [0.4, 0.5) is 4.79 Å². The van der Waals surface area contributed by atoms with Gasteiger partial charge >= 0.3 is 6.09 Å². The van der Waals surface area contributed by atoms with E-state index in [0.717, 1.165) is 16.7 Å². The van der Waals surface area contributed by atoms with Gasteiger partial charge in [0, 0.05) is 24.0 Å². The second-order valence-electron chi connectivity index (χ2n) is 7.71. The van der Waals surface area contributed by atoms with E-state index in [1.807, 2.05) is 60.7 Å². The summed E-state index contributed by atoms with van der Waals surface area (Å²) in [5, 5.41) is 24.3. The molecule has 7 nitrogen and oxygen atoms in total. The van der Waals surface area contributed by atoms with Crippen LogP contribution in [0.25, 0.3) is 0 Å². The third kappa shape index (κ3) is 7.16. The van der Waals surface area contributed by atoms with Crippen molar-refractivity contribution >= 4 is 6.09 Å². The Labute approximate surface area is 187 Å². The molecule has 4 atom stereocenters. The van der Waals surface area contributed by atoms with E-state index in [9.17, 15) is 15.0 Å². The predicted octanol–water partition coefficient (Wildman–Crippen LogP) is 2.21. The van der Waals surface area contributed by atoms with E-state index in [1.165, 1.54) is 0 Å². The summed E-state index contributed by atoms with van der Waals surface area (Å²) in [5.74, 6) is 0. The fourth-order valence-electron chi connectivity index (χ4n) is 3.45. The molecule has 0 radical (unpaired) electrons. The molecule has 2 aromatic carbocycles. The van der Waals surface area contributed by atoms with Gasteiger partial charge in [0.1, 0.15) is 12.7 Å². The molecule has 0 unspecified atom stereocenters. The highest BCUT2D eigenvalue weighted by atomic mass is 16.5. The molecule has 1 amide bonds. The average Bonchev–Trinajstić information content (AvgIpc) is 2.83. The minimum absolute atomic E-state index is 0.0455. The zero-order valence-electron chi connectivity index (χ0n) is 17.7. The van der Waals surface area contributed by atoms with Gasteiger partial charge in [-0.1, -0.05) is 66.7 Å². The van der Waals surface area contributed by atoms with Crippen LogP contribution in [0, 0.1) is 0 Å². The lowest BCUT2D eigenvalue weighted by Crippen LogP contribution is -2.55. The van der Waals surface area contributed by atoms with E-state index in [1.54, 1.807) is 24.5 Å². The lowest BCUT2D eigenvalue weighted by molar-refractivity contribution is -0.0172. The van der Waals surface area contributed by atoms with E-state index in [4.69, 9.17) is 10.5 Å². The van der Waals surface area contributed by atoms with Gasteiger partial charge in [-0.15, -0.1) is 0 Å². The minimum Gasteiger partial charge on any atom is -0.445 e. The summed E-state index contributed by atoms with van der Waals surface area (Å²) in [7, 11) is 0. The fraction of sp³-hybridized carbons (Fsp3) is 0.280. The van der Waals surface area contributed by atoms with Crippen LogP contribution < -0.4 is 11.1 Å². The van der Waals surface area contributed by atoms with E-state index < -0.39 is 30.4 Å². The van der Waals surface area contributed by atoms with Gasteiger partial charge in [-0.05, 0) is 30.0 Å². The molecule has 0 saturated heterocycles. The van der Waals surface area contributed by atoms with Crippen molar-refractivity contribution in [3.63, 3.8) is 0 Å². The van der Waals surface area contributed by atoms with Crippen molar-refractivity contribution in [2.45, 2.75) is 43.7 Å². The van der Waals surface area contributed by atoms with E-state index in [0.29, 0.717) is 12.8 Å². The highest BCUT2D eigenvalue weighted by Gasteiger charge is 2.32. The molecule has 0 aliphatic carbocycles. The predicted molar refractivity (Wildman–Crippen MR) is 122 cm³/mol. The van der Waals surface area contributed by atoms with Crippen LogP contribution in [0.3, 0.4) is 0 Å². The molecule has 0 saturated carbocycles. The molecular weight excluding hydrogens is 406 g/mol. The van der Waals surface area contributed by atoms with Gasteiger partial charge in [-0.25, -0.2) is 4.79 Å². The van der Waals surface area contributed by atoms with Crippen LogP contribution >= 0.6 is 0 Å². The number of aliphatic hydroxyl groups excluding tert-OH is 2. The number of aromatic nitrogens is 1. The highest BCUT2D eigenvalue weighted by Crippen LogP contribution is 2.14. The summed E-state index contributed by atoms with van der Waals surface area (Å²) in [6.45, 7) is 0.0455. The topological polar surface area (TPSA) is 118 Å². The number of nitrogens with zero attached hydrogens (tertiary/aromatic N) is 1. The van der Waals surface area contributed by atoms with Gasteiger partial charge in [-0.2, -0.15) is 0 Å². The molecule has 0 aliphatic heterocycles. The maximum Gasteiger partial charge on any atom is 0.407 e. The first kappa shape index (κ1) is 23.4. The largest absolute Gasteiger partial charge is 0.445 e. The van der Waals surface area contributed by atoms with Crippen LogP contribution in [0.15, 0.2) is 85.2 Å². The minimum atomic E-state index is -1.29. The monoisotopic (exact) mass is 435 g/mol. The summed E-state index contributed by atoms with van der Waals surface area (Å²) in [5.41, 5.74) is 8.78. The number of hydrogen-bond donors (Lipinski definition) is 4. The number of aliphatic hydroxyl groups is 2. The normalized spacial score (nSPS) is 14.7. The summed E-state index contributed by atoms with van der Waals surface area (Å²) in [6.07, 6.45) is 0.702. The summed E-state index contributed by atoms with van der Waals surface area (Å²) in [4.78, 5) is 16.4. The lowest BCUT2D eigenvalue weighted by atomic mass is 9.92. The van der Waals surface area contributed by atoms with Crippen molar-refractivity contribution in [1.29, 1.82) is 0 Å². The third-order valence-electron chi connectivity index (χ3n) is 5.21. The van der Waals surface area contributed by atoms with Crippen LogP contribution in [-0.2, 0) is 24.2 Å². The van der Waals surface area contributed by atoms with Gasteiger partial charge in [-0.3, -0.25) is 4.98 Å². The van der Waals surface area contributed by atoms with Gasteiger partial charge in [0.05, 0.1) is 12.1 Å². The molecule has 0 aliphatic rings. The zero-order chi connectivity index (χ0) is 22.8. The van der Waals surface area contributed by atoms with Crippen molar-refractivity contribution in [1.82, 2.24) is 10.3 Å². The standard InChI is InChI=1S/C25H29N3O4/c26-21(14-18-8-3-1-4-9-18)23(29)24(30)22(15-19-10-5-2-6-11-19)28-25(31)32-17-20-12-7-13-27-16-20/h1-13,16,21-24,29-30H,14-15,17,26H2,(H,28,31)/t21-,22-,23-,24-/m0/s1. The Balaban J connectivity index is 1.65. The quantitative estimate of drug-likeness (QED) is 0.388. The molecule has 0 spiro atoms. The van der Waals surface area contributed by atoms with Gasteiger partial charge < -0.3 is 26.0 Å². The Morgan fingerprint density at radius 1 is 0.875 bits per heavy atom. The number of nitrogens with two attached hydrogens (primary N) is 1. The Kier molecular flexibility index (Phi) is 8.74. The Morgan fingerprint density at radius 2 is 1.47 bits per heavy atom. The molecule has 7 heteroatoms. The van der Waals surface area contributed by atoms with Crippen molar-refractivity contribution < 1.29 is 19.7 Å². The number of carbonyl (C=O) groups excluding carboxylic acids is 1. The molecule has 5 N–H and O–H groups in total. The zero-order valence-corrected chi connectivity index (χ0v) is 17.7. The number of ether oxygens (including phenoxy) is 1. The summed E-state index contributed by atoms with van der Waals surface area (Å²) >= 11 is 0. The molecule has 32 heavy (non-hydrogen) atoms. The van der Waals surface area contributed by atoms with E-state index >= 15 is 0 Å². The fourth-order valence-corrected chi connectivity index (χ4v) is 3.45. The number of carbonyl (C=O) groups is 1. The summed E-state index contributed by atoms with van der Waals surface area (Å²) in [6, 6.07) is 21.0. The molecule has 1 aromatic heterocycles. The molecule has 0 fully saturated rings. The smallest absolute Gasteiger partial charge is 0.407 e. The molecule has 3 aromatic rings. The lowest BCUT2D eigenvalue weighted by Gasteiger charge is -2.30. The van der Waals surface area contributed by atoms with Crippen LogP contribution in [0.1, 0.15) is 16.7 Å². The first-order valence-corrected chi connectivity index (χ1v) is 10.5. The SMILES string of the molecule is N[C@@H](Cc1ccccc1)[C@H](O)[C@@H](O)[C@H](Cc1ccccc1)NC(=O)OCc1cccnc1. The number of nitrogens with one attached hydrogen (secondary N) is 1. The van der Waals surface area contributed by atoms with Crippen LogP contribution in [0.2, 0.25) is 0 Å². The Morgan fingerprint density at radius 3 is 2.06 bits per heavy atom. The first-order chi connectivity index (χ1) is 15.5. The first-order valence-electron chi connectivity index (χ1n) is 10.5. The summed E-state index contributed by atoms with van der Waals surface area (Å²) < 4.78 is 5.27. The molecule has 168 valence electrons.